The number of carbonyl (C=O) groups is 1. The summed E-state index contributed by atoms with van der Waals surface area (Å²) in [6, 6.07) is 7.39. The average molecular weight is 265 g/mol. The number of rotatable bonds is 7. The first-order valence-electron chi connectivity index (χ1n) is 6.62. The van der Waals surface area contributed by atoms with Gasteiger partial charge in [-0.25, -0.2) is 0 Å². The van der Waals surface area contributed by atoms with Crippen LogP contribution < -0.4 is 10.5 Å². The van der Waals surface area contributed by atoms with E-state index in [1.807, 2.05) is 38.1 Å². The SMILES string of the molecule is COc1ccc(CCCC(N)C(=O)OC(C)C)cc1. The van der Waals surface area contributed by atoms with Gasteiger partial charge in [0.25, 0.3) is 0 Å². The third-order valence-corrected chi connectivity index (χ3v) is 2.79. The van der Waals surface area contributed by atoms with Crippen molar-refractivity contribution in [2.24, 2.45) is 5.73 Å². The summed E-state index contributed by atoms with van der Waals surface area (Å²) in [7, 11) is 1.65. The van der Waals surface area contributed by atoms with Gasteiger partial charge in [-0.2, -0.15) is 0 Å². The molecule has 106 valence electrons. The lowest BCUT2D eigenvalue weighted by Crippen LogP contribution is -2.33. The van der Waals surface area contributed by atoms with E-state index in [0.29, 0.717) is 6.42 Å². The van der Waals surface area contributed by atoms with Gasteiger partial charge in [0.1, 0.15) is 11.8 Å². The van der Waals surface area contributed by atoms with E-state index in [1.165, 1.54) is 5.56 Å². The number of hydrogen-bond donors (Lipinski definition) is 1. The molecule has 1 aromatic rings. The molecule has 0 fully saturated rings. The Morgan fingerprint density at radius 3 is 2.42 bits per heavy atom. The molecule has 0 aromatic heterocycles. The van der Waals surface area contributed by atoms with Crippen LogP contribution >= 0.6 is 0 Å². The van der Waals surface area contributed by atoms with Crippen molar-refractivity contribution in [3.8, 4) is 5.75 Å². The first kappa shape index (κ1) is 15.5. The third-order valence-electron chi connectivity index (χ3n) is 2.79. The summed E-state index contributed by atoms with van der Waals surface area (Å²) in [4.78, 5) is 11.5. The van der Waals surface area contributed by atoms with Gasteiger partial charge < -0.3 is 15.2 Å². The molecule has 1 atom stereocenters. The second-order valence-electron chi connectivity index (χ2n) is 4.83. The largest absolute Gasteiger partial charge is 0.497 e. The Bertz CT molecular complexity index is 387. The molecule has 0 saturated heterocycles. The van der Waals surface area contributed by atoms with Gasteiger partial charge >= 0.3 is 5.97 Å². The first-order valence-corrected chi connectivity index (χ1v) is 6.62. The summed E-state index contributed by atoms with van der Waals surface area (Å²) >= 11 is 0. The molecule has 2 N–H and O–H groups in total. The Morgan fingerprint density at radius 1 is 1.26 bits per heavy atom. The molecule has 0 saturated carbocycles. The van der Waals surface area contributed by atoms with E-state index in [0.717, 1.165) is 18.6 Å². The quantitative estimate of drug-likeness (QED) is 0.768. The monoisotopic (exact) mass is 265 g/mol. The molecule has 1 rings (SSSR count). The van der Waals surface area contributed by atoms with E-state index in [2.05, 4.69) is 0 Å². The number of methoxy groups -OCH3 is 1. The topological polar surface area (TPSA) is 61.5 Å². The van der Waals surface area contributed by atoms with E-state index in [4.69, 9.17) is 15.2 Å². The molecular weight excluding hydrogens is 242 g/mol. The van der Waals surface area contributed by atoms with Gasteiger partial charge in [-0.05, 0) is 50.8 Å². The van der Waals surface area contributed by atoms with E-state index >= 15 is 0 Å². The summed E-state index contributed by atoms with van der Waals surface area (Å²) < 4.78 is 10.2. The molecule has 1 aromatic carbocycles. The third kappa shape index (κ3) is 5.75. The van der Waals surface area contributed by atoms with Gasteiger partial charge in [0, 0.05) is 0 Å². The lowest BCUT2D eigenvalue weighted by atomic mass is 10.1. The van der Waals surface area contributed by atoms with Crippen LogP contribution in [-0.2, 0) is 16.0 Å². The molecule has 0 bridgehead atoms. The van der Waals surface area contributed by atoms with Crippen LogP contribution in [0.1, 0.15) is 32.3 Å². The number of esters is 1. The second kappa shape index (κ2) is 7.79. The van der Waals surface area contributed by atoms with Crippen LogP contribution in [-0.4, -0.2) is 25.2 Å². The molecule has 0 aliphatic heterocycles. The number of benzene rings is 1. The van der Waals surface area contributed by atoms with E-state index in [1.54, 1.807) is 7.11 Å². The van der Waals surface area contributed by atoms with Crippen molar-refractivity contribution < 1.29 is 14.3 Å². The fourth-order valence-corrected chi connectivity index (χ4v) is 1.76. The lowest BCUT2D eigenvalue weighted by molar-refractivity contribution is -0.149. The number of carbonyl (C=O) groups excluding carboxylic acids is 1. The minimum atomic E-state index is -0.527. The molecule has 0 aliphatic rings. The molecule has 0 radical (unpaired) electrons. The van der Waals surface area contributed by atoms with Crippen LogP contribution in [0.2, 0.25) is 0 Å². The molecule has 4 nitrogen and oxygen atoms in total. The van der Waals surface area contributed by atoms with Crippen LogP contribution in [0.25, 0.3) is 0 Å². The fraction of sp³-hybridized carbons (Fsp3) is 0.533. The molecule has 0 amide bonds. The molecule has 0 aliphatic carbocycles. The van der Waals surface area contributed by atoms with Crippen LogP contribution in [0.5, 0.6) is 5.75 Å². The minimum absolute atomic E-state index is 0.111. The Balaban J connectivity index is 2.30. The summed E-state index contributed by atoms with van der Waals surface area (Å²) in [5.41, 5.74) is 6.99. The molecule has 19 heavy (non-hydrogen) atoms. The van der Waals surface area contributed by atoms with Gasteiger partial charge in [0.15, 0.2) is 0 Å². The van der Waals surface area contributed by atoms with Gasteiger partial charge in [-0.3, -0.25) is 4.79 Å². The Kier molecular flexibility index (Phi) is 6.36. The smallest absolute Gasteiger partial charge is 0.323 e. The zero-order valence-electron chi connectivity index (χ0n) is 11.9. The maximum absolute atomic E-state index is 11.5. The summed E-state index contributed by atoms with van der Waals surface area (Å²) in [6.45, 7) is 3.64. The predicted octanol–water partition coefficient (Wildman–Crippen LogP) is 2.30. The van der Waals surface area contributed by atoms with Crippen LogP contribution in [0.4, 0.5) is 0 Å². The summed E-state index contributed by atoms with van der Waals surface area (Å²) in [5, 5.41) is 0. The van der Waals surface area contributed by atoms with E-state index in [-0.39, 0.29) is 12.1 Å². The maximum Gasteiger partial charge on any atom is 0.323 e. The Morgan fingerprint density at radius 2 is 1.89 bits per heavy atom. The molecule has 0 heterocycles. The van der Waals surface area contributed by atoms with Crippen molar-refractivity contribution in [2.75, 3.05) is 7.11 Å². The van der Waals surface area contributed by atoms with Gasteiger partial charge in [-0.1, -0.05) is 12.1 Å². The highest BCUT2D eigenvalue weighted by Gasteiger charge is 2.15. The summed E-state index contributed by atoms with van der Waals surface area (Å²) in [6.07, 6.45) is 2.28. The van der Waals surface area contributed by atoms with Gasteiger partial charge in [0.2, 0.25) is 0 Å². The fourth-order valence-electron chi connectivity index (χ4n) is 1.76. The first-order chi connectivity index (χ1) is 9.02. The van der Waals surface area contributed by atoms with Crippen molar-refractivity contribution in [3.05, 3.63) is 29.8 Å². The minimum Gasteiger partial charge on any atom is -0.497 e. The van der Waals surface area contributed by atoms with Crippen molar-refractivity contribution in [1.29, 1.82) is 0 Å². The highest BCUT2D eigenvalue weighted by atomic mass is 16.5. The lowest BCUT2D eigenvalue weighted by Gasteiger charge is -2.13. The second-order valence-corrected chi connectivity index (χ2v) is 4.83. The van der Waals surface area contributed by atoms with Crippen molar-refractivity contribution in [2.45, 2.75) is 45.3 Å². The molecular formula is C15H23NO3. The number of aryl methyl sites for hydroxylation is 1. The predicted molar refractivity (Wildman–Crippen MR) is 75.1 cm³/mol. The molecule has 1 unspecified atom stereocenters. The van der Waals surface area contributed by atoms with Gasteiger partial charge in [0.05, 0.1) is 13.2 Å². The number of nitrogens with two attached hydrogens (primary N) is 1. The van der Waals surface area contributed by atoms with Crippen molar-refractivity contribution in [1.82, 2.24) is 0 Å². The maximum atomic E-state index is 11.5. The van der Waals surface area contributed by atoms with Crippen LogP contribution in [0, 0.1) is 0 Å². The van der Waals surface area contributed by atoms with Crippen molar-refractivity contribution in [3.63, 3.8) is 0 Å². The highest BCUT2D eigenvalue weighted by molar-refractivity contribution is 5.75. The summed E-state index contributed by atoms with van der Waals surface area (Å²) in [5.74, 6) is 0.533. The van der Waals surface area contributed by atoms with Gasteiger partial charge in [-0.15, -0.1) is 0 Å². The highest BCUT2D eigenvalue weighted by Crippen LogP contribution is 2.13. The Hall–Kier alpha value is -1.55. The van der Waals surface area contributed by atoms with Crippen LogP contribution in [0.3, 0.4) is 0 Å². The normalized spacial score (nSPS) is 12.3. The molecule has 0 spiro atoms. The van der Waals surface area contributed by atoms with Crippen LogP contribution in [0.15, 0.2) is 24.3 Å². The zero-order chi connectivity index (χ0) is 14.3. The number of hydrogen-bond acceptors (Lipinski definition) is 4. The van der Waals surface area contributed by atoms with E-state index in [9.17, 15) is 4.79 Å². The standard InChI is InChI=1S/C15H23NO3/c1-11(2)19-15(17)14(16)6-4-5-12-7-9-13(18-3)10-8-12/h7-11,14H,4-6,16H2,1-3H3. The average Bonchev–Trinajstić information content (AvgIpc) is 2.38. The Labute approximate surface area is 114 Å². The zero-order valence-corrected chi connectivity index (χ0v) is 11.9. The number of ether oxygens (including phenoxy) is 2. The molecule has 4 heteroatoms. The van der Waals surface area contributed by atoms with E-state index < -0.39 is 6.04 Å². The van der Waals surface area contributed by atoms with Crippen molar-refractivity contribution >= 4 is 5.97 Å².